The number of pyridine rings is 1. The fourth-order valence-electron chi connectivity index (χ4n) is 3.89. The van der Waals surface area contributed by atoms with Gasteiger partial charge in [-0.15, -0.1) is 0 Å². The fraction of sp³-hybridized carbons (Fsp3) is 0.0357. The van der Waals surface area contributed by atoms with Gasteiger partial charge in [-0.2, -0.15) is 5.10 Å². The van der Waals surface area contributed by atoms with Crippen LogP contribution < -0.4 is 5.43 Å². The molecule has 2 heterocycles. The number of nitrogens with one attached hydrogen (secondary N) is 1. The number of nitro benzene ring substituents is 1. The number of hydrogen-bond donors (Lipinski definition) is 1. The third kappa shape index (κ3) is 4.60. The average molecular weight is 476 g/mol. The SMILES string of the molecule is Cc1ccc([N+](=O)[O-])cc1-c1ccc(/C=N/NC(=O)c2cc(-c3ccccc3)nc3ccccc23)o1. The Morgan fingerprint density at radius 1 is 1.00 bits per heavy atom. The second-order valence-corrected chi connectivity index (χ2v) is 8.10. The Kier molecular flexibility index (Phi) is 6.07. The van der Waals surface area contributed by atoms with Crippen molar-refractivity contribution in [1.82, 2.24) is 10.4 Å². The van der Waals surface area contributed by atoms with Crippen LogP contribution in [0.15, 0.2) is 101 Å². The van der Waals surface area contributed by atoms with E-state index in [1.54, 1.807) is 24.3 Å². The van der Waals surface area contributed by atoms with Gasteiger partial charge in [0.05, 0.1) is 27.9 Å². The first kappa shape index (κ1) is 22.7. The van der Waals surface area contributed by atoms with Crippen LogP contribution in [-0.4, -0.2) is 22.0 Å². The number of non-ortho nitro benzene ring substituents is 1. The lowest BCUT2D eigenvalue weighted by molar-refractivity contribution is -0.384. The van der Waals surface area contributed by atoms with Crippen LogP contribution in [0.3, 0.4) is 0 Å². The van der Waals surface area contributed by atoms with E-state index in [-0.39, 0.29) is 11.6 Å². The van der Waals surface area contributed by atoms with Crippen LogP contribution in [0.4, 0.5) is 5.69 Å². The number of aromatic nitrogens is 1. The third-order valence-electron chi connectivity index (χ3n) is 5.71. The fourth-order valence-corrected chi connectivity index (χ4v) is 3.89. The van der Waals surface area contributed by atoms with Crippen LogP contribution in [0, 0.1) is 17.0 Å². The summed E-state index contributed by atoms with van der Waals surface area (Å²) in [5.41, 5.74) is 6.73. The summed E-state index contributed by atoms with van der Waals surface area (Å²) < 4.78 is 5.79. The van der Waals surface area contributed by atoms with Crippen molar-refractivity contribution < 1.29 is 14.1 Å². The molecule has 0 fully saturated rings. The minimum absolute atomic E-state index is 0.0195. The summed E-state index contributed by atoms with van der Waals surface area (Å²) in [4.78, 5) is 28.4. The van der Waals surface area contributed by atoms with Gasteiger partial charge in [0.15, 0.2) is 0 Å². The first-order chi connectivity index (χ1) is 17.5. The lowest BCUT2D eigenvalue weighted by Crippen LogP contribution is -2.18. The van der Waals surface area contributed by atoms with Crippen LogP contribution in [0.5, 0.6) is 0 Å². The number of furan rings is 1. The van der Waals surface area contributed by atoms with E-state index in [1.165, 1.54) is 18.3 Å². The van der Waals surface area contributed by atoms with Gasteiger partial charge in [0.2, 0.25) is 0 Å². The Labute approximate surface area is 206 Å². The largest absolute Gasteiger partial charge is 0.455 e. The monoisotopic (exact) mass is 476 g/mol. The van der Waals surface area contributed by atoms with Crippen LogP contribution in [0.1, 0.15) is 21.7 Å². The standard InChI is InChI=1S/C28H20N4O4/c1-18-11-12-20(32(34)35)15-23(18)27-14-13-21(36-27)17-29-31-28(33)24-16-26(19-7-3-2-4-8-19)30-25-10-6-5-9-22(24)25/h2-17H,1H3,(H,31,33)/b29-17+. The topological polar surface area (TPSA) is 111 Å². The van der Waals surface area contributed by atoms with Crippen molar-refractivity contribution in [2.45, 2.75) is 6.92 Å². The molecule has 0 saturated heterocycles. The van der Waals surface area contributed by atoms with Crippen LogP contribution in [0.25, 0.3) is 33.5 Å². The molecule has 0 saturated carbocycles. The van der Waals surface area contributed by atoms with Gasteiger partial charge < -0.3 is 4.42 Å². The van der Waals surface area contributed by atoms with Gasteiger partial charge in [0, 0.05) is 28.6 Å². The highest BCUT2D eigenvalue weighted by Crippen LogP contribution is 2.29. The number of carbonyl (C=O) groups is 1. The van der Waals surface area contributed by atoms with Crippen LogP contribution in [-0.2, 0) is 0 Å². The smallest absolute Gasteiger partial charge is 0.272 e. The number of hydrazone groups is 1. The second kappa shape index (κ2) is 9.63. The Bertz CT molecular complexity index is 1620. The number of carbonyl (C=O) groups excluding carboxylic acids is 1. The Hall–Kier alpha value is -5.11. The highest BCUT2D eigenvalue weighted by Gasteiger charge is 2.15. The minimum Gasteiger partial charge on any atom is -0.455 e. The summed E-state index contributed by atoms with van der Waals surface area (Å²) in [6.07, 6.45) is 1.38. The number of aryl methyl sites for hydroxylation is 1. The van der Waals surface area contributed by atoms with E-state index in [4.69, 9.17) is 9.40 Å². The van der Waals surface area contributed by atoms with Crippen molar-refractivity contribution in [3.8, 4) is 22.6 Å². The van der Waals surface area contributed by atoms with Crippen molar-refractivity contribution in [1.29, 1.82) is 0 Å². The van der Waals surface area contributed by atoms with Gasteiger partial charge in [-0.05, 0) is 36.8 Å². The third-order valence-corrected chi connectivity index (χ3v) is 5.71. The molecule has 2 aromatic heterocycles. The molecule has 8 heteroatoms. The molecule has 0 unspecified atom stereocenters. The molecule has 3 aromatic carbocycles. The van der Waals surface area contributed by atoms with E-state index in [9.17, 15) is 14.9 Å². The number of nitro groups is 1. The normalized spacial score (nSPS) is 11.1. The molecule has 176 valence electrons. The molecule has 8 nitrogen and oxygen atoms in total. The van der Waals surface area contributed by atoms with Gasteiger partial charge in [-0.25, -0.2) is 10.4 Å². The van der Waals surface area contributed by atoms with Gasteiger partial charge in [-0.3, -0.25) is 14.9 Å². The highest BCUT2D eigenvalue weighted by atomic mass is 16.6. The molecule has 1 amide bonds. The lowest BCUT2D eigenvalue weighted by atomic mass is 10.0. The molecule has 1 N–H and O–H groups in total. The van der Waals surface area contributed by atoms with E-state index >= 15 is 0 Å². The lowest BCUT2D eigenvalue weighted by Gasteiger charge is -2.09. The number of nitrogens with zero attached hydrogens (tertiary/aromatic N) is 3. The van der Waals surface area contributed by atoms with Crippen molar-refractivity contribution >= 4 is 28.7 Å². The van der Waals surface area contributed by atoms with Crippen molar-refractivity contribution in [2.75, 3.05) is 0 Å². The van der Waals surface area contributed by atoms with Crippen molar-refractivity contribution in [2.24, 2.45) is 5.10 Å². The van der Waals surface area contributed by atoms with E-state index in [0.717, 1.165) is 11.1 Å². The predicted molar refractivity (Wildman–Crippen MR) is 138 cm³/mol. The molecule has 5 aromatic rings. The molecule has 0 spiro atoms. The molecular weight excluding hydrogens is 456 g/mol. The maximum absolute atomic E-state index is 13.1. The molecular formula is C28H20N4O4. The Balaban J connectivity index is 1.39. The van der Waals surface area contributed by atoms with Gasteiger partial charge >= 0.3 is 0 Å². The first-order valence-electron chi connectivity index (χ1n) is 11.1. The quantitative estimate of drug-likeness (QED) is 0.180. The number of amides is 1. The van der Waals surface area contributed by atoms with Crippen molar-refractivity contribution in [3.63, 3.8) is 0 Å². The maximum Gasteiger partial charge on any atom is 0.272 e. The highest BCUT2D eigenvalue weighted by molar-refractivity contribution is 6.07. The number of rotatable bonds is 6. The van der Waals surface area contributed by atoms with E-state index in [1.807, 2.05) is 61.5 Å². The zero-order valence-electron chi connectivity index (χ0n) is 19.2. The summed E-state index contributed by atoms with van der Waals surface area (Å²) in [7, 11) is 0. The summed E-state index contributed by atoms with van der Waals surface area (Å²) in [5.74, 6) is 0.473. The number of fused-ring (bicyclic) bond motifs is 1. The van der Waals surface area contributed by atoms with E-state index < -0.39 is 4.92 Å². The summed E-state index contributed by atoms with van der Waals surface area (Å²) in [5, 5.41) is 15.9. The Morgan fingerprint density at radius 3 is 2.58 bits per heavy atom. The maximum atomic E-state index is 13.1. The zero-order chi connectivity index (χ0) is 25.1. The molecule has 0 aliphatic rings. The molecule has 5 rings (SSSR count). The summed E-state index contributed by atoms with van der Waals surface area (Å²) >= 11 is 0. The van der Waals surface area contributed by atoms with Gasteiger partial charge in [0.1, 0.15) is 11.5 Å². The molecule has 0 atom stereocenters. The summed E-state index contributed by atoms with van der Waals surface area (Å²) in [6, 6.07) is 26.8. The number of benzene rings is 3. The summed E-state index contributed by atoms with van der Waals surface area (Å²) in [6.45, 7) is 1.85. The predicted octanol–water partition coefficient (Wildman–Crippen LogP) is 6.14. The Morgan fingerprint density at radius 2 is 1.78 bits per heavy atom. The van der Waals surface area contributed by atoms with E-state index in [2.05, 4.69) is 10.5 Å². The molecule has 0 aliphatic heterocycles. The van der Waals surface area contributed by atoms with Gasteiger partial charge in [0.25, 0.3) is 11.6 Å². The van der Waals surface area contributed by atoms with Crippen LogP contribution >= 0.6 is 0 Å². The second-order valence-electron chi connectivity index (χ2n) is 8.10. The molecule has 0 bridgehead atoms. The zero-order valence-corrected chi connectivity index (χ0v) is 19.2. The van der Waals surface area contributed by atoms with Gasteiger partial charge in [-0.1, -0.05) is 54.6 Å². The number of hydrogen-bond acceptors (Lipinski definition) is 6. The van der Waals surface area contributed by atoms with Crippen LogP contribution in [0.2, 0.25) is 0 Å². The number of para-hydroxylation sites is 1. The minimum atomic E-state index is -0.449. The van der Waals surface area contributed by atoms with E-state index in [0.29, 0.717) is 39.2 Å². The molecule has 0 radical (unpaired) electrons. The average Bonchev–Trinajstić information content (AvgIpc) is 3.37. The van der Waals surface area contributed by atoms with Crippen molar-refractivity contribution in [3.05, 3.63) is 118 Å². The first-order valence-corrected chi connectivity index (χ1v) is 11.1. The molecule has 36 heavy (non-hydrogen) atoms. The molecule has 0 aliphatic carbocycles.